The van der Waals surface area contributed by atoms with E-state index in [0.717, 1.165) is 11.3 Å². The monoisotopic (exact) mass is 428 g/mol. The lowest BCUT2D eigenvalue weighted by atomic mass is 9.72. The number of fused-ring (bicyclic) bond motifs is 3. The van der Waals surface area contributed by atoms with Crippen molar-refractivity contribution < 1.29 is 14.7 Å². The van der Waals surface area contributed by atoms with E-state index in [-0.39, 0.29) is 42.7 Å². The quantitative estimate of drug-likeness (QED) is 0.697. The summed E-state index contributed by atoms with van der Waals surface area (Å²) in [6.45, 7) is 4.01. The number of nitrogens with zero attached hydrogens (tertiary/aromatic N) is 2. The first-order chi connectivity index (χ1) is 14.4. The van der Waals surface area contributed by atoms with Crippen molar-refractivity contribution in [3.63, 3.8) is 0 Å². The van der Waals surface area contributed by atoms with E-state index in [1.165, 1.54) is 0 Å². The third kappa shape index (κ3) is 3.59. The molecule has 3 atom stereocenters. The molecule has 3 N–H and O–H groups in total. The molecule has 8 heteroatoms. The molecule has 2 aliphatic rings. The van der Waals surface area contributed by atoms with Crippen LogP contribution in [0.3, 0.4) is 0 Å². The topological polar surface area (TPSA) is 84.9 Å². The smallest absolute Gasteiger partial charge is 0.326 e. The Kier molecular flexibility index (Phi) is 5.58. The minimum atomic E-state index is -0.309. The highest BCUT2D eigenvalue weighted by atomic mass is 35.5. The van der Waals surface area contributed by atoms with E-state index in [2.05, 4.69) is 10.6 Å². The van der Waals surface area contributed by atoms with Crippen LogP contribution in [-0.4, -0.2) is 53.3 Å². The van der Waals surface area contributed by atoms with E-state index in [9.17, 15) is 14.7 Å². The van der Waals surface area contributed by atoms with Crippen LogP contribution in [-0.2, 0) is 0 Å². The number of rotatable bonds is 3. The van der Waals surface area contributed by atoms with Gasteiger partial charge < -0.3 is 20.6 Å². The number of hydrogen-bond acceptors (Lipinski definition) is 3. The van der Waals surface area contributed by atoms with Crippen molar-refractivity contribution in [1.29, 1.82) is 0 Å². The molecule has 0 radical (unpaired) electrons. The number of aliphatic hydroxyl groups is 1. The summed E-state index contributed by atoms with van der Waals surface area (Å²) in [5, 5.41) is 16.4. The molecule has 0 aromatic heterocycles. The molecule has 2 aromatic rings. The lowest BCUT2D eigenvalue weighted by Gasteiger charge is -2.58. The summed E-state index contributed by atoms with van der Waals surface area (Å²) in [7, 11) is 0. The molecule has 1 saturated heterocycles. The van der Waals surface area contributed by atoms with Gasteiger partial charge in [0.25, 0.3) is 0 Å². The fourth-order valence-electron chi connectivity index (χ4n) is 4.40. The van der Waals surface area contributed by atoms with Crippen LogP contribution in [0, 0.1) is 0 Å². The van der Waals surface area contributed by atoms with Gasteiger partial charge in [-0.2, -0.15) is 0 Å². The van der Waals surface area contributed by atoms with Crippen LogP contribution in [0.1, 0.15) is 25.3 Å². The molecule has 2 aromatic carbocycles. The van der Waals surface area contributed by atoms with Gasteiger partial charge in [-0.15, -0.1) is 0 Å². The number of carbonyl (C=O) groups is 2. The van der Waals surface area contributed by atoms with Crippen molar-refractivity contribution in [2.24, 2.45) is 0 Å². The highest BCUT2D eigenvalue weighted by Crippen LogP contribution is 2.48. The predicted octanol–water partition coefficient (Wildman–Crippen LogP) is 3.64. The molecular formula is C22H25ClN4O3. The van der Waals surface area contributed by atoms with Gasteiger partial charge in [0.1, 0.15) is 0 Å². The molecule has 4 rings (SSSR count). The van der Waals surface area contributed by atoms with E-state index in [1.54, 1.807) is 34.1 Å². The summed E-state index contributed by atoms with van der Waals surface area (Å²) in [5.41, 5.74) is 2.40. The fraction of sp³-hybridized carbons (Fsp3) is 0.364. The van der Waals surface area contributed by atoms with Gasteiger partial charge in [0.05, 0.1) is 18.7 Å². The minimum Gasteiger partial charge on any atom is -0.394 e. The molecule has 4 amide bonds. The molecule has 0 bridgehead atoms. The Bertz CT molecular complexity index is 950. The average molecular weight is 429 g/mol. The molecule has 158 valence electrons. The minimum absolute atomic E-state index is 0.0105. The van der Waals surface area contributed by atoms with Crippen LogP contribution in [0.2, 0.25) is 5.02 Å². The molecule has 2 aliphatic heterocycles. The number of urea groups is 2. The SMILES string of the molecule is CC(C)NC(=O)N1[C@H](CO)[C@H]2c3ccccc3N(C(=O)Nc3ccc(Cl)cc3)C[C@H]21. The Labute approximate surface area is 180 Å². The highest BCUT2D eigenvalue weighted by molar-refractivity contribution is 6.30. The van der Waals surface area contributed by atoms with Gasteiger partial charge in [-0.05, 0) is 49.7 Å². The number of amides is 4. The number of anilines is 2. The standard InChI is InChI=1S/C22H25ClN4O3/c1-13(2)24-22(30)27-18-11-26(21(29)25-15-9-7-14(23)8-10-15)17-6-4-3-5-16(17)20(18)19(27)12-28/h3-10,13,18-20,28H,11-12H2,1-2H3,(H,24,30)(H,25,29)/t18-,19-,20+/m1/s1. The first kappa shape index (κ1) is 20.5. The zero-order valence-corrected chi connectivity index (χ0v) is 17.6. The molecule has 1 fully saturated rings. The summed E-state index contributed by atoms with van der Waals surface area (Å²) in [6, 6.07) is 13.6. The number of aliphatic hydroxyl groups excluding tert-OH is 1. The van der Waals surface area contributed by atoms with Crippen molar-refractivity contribution in [3.05, 3.63) is 59.1 Å². The zero-order valence-electron chi connectivity index (χ0n) is 16.9. The van der Waals surface area contributed by atoms with Gasteiger partial charge >= 0.3 is 12.1 Å². The Morgan fingerprint density at radius 3 is 2.50 bits per heavy atom. The van der Waals surface area contributed by atoms with Crippen molar-refractivity contribution in [1.82, 2.24) is 10.2 Å². The fourth-order valence-corrected chi connectivity index (χ4v) is 4.53. The van der Waals surface area contributed by atoms with Gasteiger partial charge in [-0.25, -0.2) is 9.59 Å². The van der Waals surface area contributed by atoms with Crippen molar-refractivity contribution in [2.45, 2.75) is 37.9 Å². The molecule has 7 nitrogen and oxygen atoms in total. The van der Waals surface area contributed by atoms with Gasteiger partial charge in [0.2, 0.25) is 0 Å². The predicted molar refractivity (Wildman–Crippen MR) is 117 cm³/mol. The molecule has 2 heterocycles. The number of hydrogen-bond donors (Lipinski definition) is 3. The Balaban J connectivity index is 1.62. The second-order valence-corrected chi connectivity index (χ2v) is 8.40. The summed E-state index contributed by atoms with van der Waals surface area (Å²) in [4.78, 5) is 29.2. The first-order valence-corrected chi connectivity index (χ1v) is 10.4. The van der Waals surface area contributed by atoms with Crippen LogP contribution >= 0.6 is 11.6 Å². The van der Waals surface area contributed by atoms with E-state index < -0.39 is 0 Å². The lowest BCUT2D eigenvalue weighted by Crippen LogP contribution is -2.72. The van der Waals surface area contributed by atoms with Crippen molar-refractivity contribution in [3.8, 4) is 0 Å². The maximum absolute atomic E-state index is 13.1. The highest BCUT2D eigenvalue weighted by Gasteiger charge is 2.55. The summed E-state index contributed by atoms with van der Waals surface area (Å²) < 4.78 is 0. The summed E-state index contributed by atoms with van der Waals surface area (Å²) in [6.07, 6.45) is 0. The van der Waals surface area contributed by atoms with E-state index in [4.69, 9.17) is 11.6 Å². The second-order valence-electron chi connectivity index (χ2n) is 7.96. The van der Waals surface area contributed by atoms with Crippen molar-refractivity contribution in [2.75, 3.05) is 23.4 Å². The number of halogens is 1. The van der Waals surface area contributed by atoms with E-state index in [0.29, 0.717) is 17.3 Å². The number of benzene rings is 2. The van der Waals surface area contributed by atoms with Crippen molar-refractivity contribution >= 4 is 35.0 Å². The maximum Gasteiger partial charge on any atom is 0.326 e. The molecule has 0 saturated carbocycles. The van der Waals surface area contributed by atoms with Crippen LogP contribution in [0.4, 0.5) is 21.0 Å². The third-order valence-electron chi connectivity index (χ3n) is 5.67. The Morgan fingerprint density at radius 1 is 1.13 bits per heavy atom. The first-order valence-electron chi connectivity index (χ1n) is 10.0. The molecule has 30 heavy (non-hydrogen) atoms. The number of carbonyl (C=O) groups excluding carboxylic acids is 2. The van der Waals surface area contributed by atoms with Gasteiger partial charge in [-0.3, -0.25) is 4.90 Å². The van der Waals surface area contributed by atoms with Crippen LogP contribution in [0.25, 0.3) is 0 Å². The van der Waals surface area contributed by atoms with Crippen LogP contribution in [0.5, 0.6) is 0 Å². The Morgan fingerprint density at radius 2 is 1.83 bits per heavy atom. The molecular weight excluding hydrogens is 404 g/mol. The van der Waals surface area contributed by atoms with Crippen LogP contribution < -0.4 is 15.5 Å². The number of likely N-dealkylation sites (tertiary alicyclic amines) is 1. The lowest BCUT2D eigenvalue weighted by molar-refractivity contribution is -0.00739. The Hall–Kier alpha value is -2.77. The second kappa shape index (κ2) is 8.16. The van der Waals surface area contributed by atoms with E-state index >= 15 is 0 Å². The van der Waals surface area contributed by atoms with Crippen LogP contribution in [0.15, 0.2) is 48.5 Å². The number of nitrogens with one attached hydrogen (secondary N) is 2. The molecule has 0 aliphatic carbocycles. The average Bonchev–Trinajstić information content (AvgIpc) is 2.69. The molecule has 0 unspecified atom stereocenters. The maximum atomic E-state index is 13.1. The van der Waals surface area contributed by atoms with E-state index in [1.807, 2.05) is 38.1 Å². The summed E-state index contributed by atoms with van der Waals surface area (Å²) in [5.74, 6) is -0.0105. The van der Waals surface area contributed by atoms with Gasteiger partial charge in [-0.1, -0.05) is 29.8 Å². The van der Waals surface area contributed by atoms with Gasteiger partial charge in [0.15, 0.2) is 0 Å². The molecule has 0 spiro atoms. The largest absolute Gasteiger partial charge is 0.394 e. The normalized spacial score (nSPS) is 22.1. The summed E-state index contributed by atoms with van der Waals surface area (Å²) >= 11 is 5.93. The number of para-hydroxylation sites is 1. The van der Waals surface area contributed by atoms with Gasteiger partial charge in [0, 0.05) is 34.9 Å². The third-order valence-corrected chi connectivity index (χ3v) is 5.93. The zero-order chi connectivity index (χ0) is 21.4.